The van der Waals surface area contributed by atoms with Gasteiger partial charge in [0.05, 0.1) is 9.21 Å². The third kappa shape index (κ3) is 3.25. The number of thiophene rings is 1. The first-order chi connectivity index (χ1) is 8.15. The van der Waals surface area contributed by atoms with E-state index in [2.05, 4.69) is 0 Å². The van der Waals surface area contributed by atoms with Crippen LogP contribution in [0.25, 0.3) is 6.08 Å². The highest BCUT2D eigenvalue weighted by atomic mass is 35.5. The van der Waals surface area contributed by atoms with Gasteiger partial charge in [-0.1, -0.05) is 29.8 Å². The second-order valence-corrected chi connectivity index (χ2v) is 5.07. The zero-order valence-electron chi connectivity index (χ0n) is 8.69. The van der Waals surface area contributed by atoms with E-state index < -0.39 is 0 Å². The average Bonchev–Trinajstić information content (AvgIpc) is 2.75. The molecule has 0 aliphatic carbocycles. The summed E-state index contributed by atoms with van der Waals surface area (Å²) in [7, 11) is 0. The lowest BCUT2D eigenvalue weighted by molar-refractivity contribution is 0.105. The second kappa shape index (κ2) is 5.25. The van der Waals surface area contributed by atoms with Gasteiger partial charge in [0, 0.05) is 0 Å². The molecule has 1 aromatic carbocycles. The van der Waals surface area contributed by atoms with Crippen molar-refractivity contribution in [3.63, 3.8) is 0 Å². The second-order valence-electron chi connectivity index (χ2n) is 3.35. The van der Waals surface area contributed by atoms with E-state index >= 15 is 0 Å². The molecule has 0 fully saturated rings. The summed E-state index contributed by atoms with van der Waals surface area (Å²) in [6.45, 7) is 0. The molecule has 0 bridgehead atoms. The quantitative estimate of drug-likeness (QED) is 0.593. The molecule has 0 saturated heterocycles. The van der Waals surface area contributed by atoms with Gasteiger partial charge in [-0.25, -0.2) is 4.39 Å². The van der Waals surface area contributed by atoms with Crippen LogP contribution in [0.3, 0.4) is 0 Å². The van der Waals surface area contributed by atoms with Crippen molar-refractivity contribution >= 4 is 34.8 Å². The number of carbonyl (C=O) groups is 1. The lowest BCUT2D eigenvalue weighted by Gasteiger charge is -1.92. The van der Waals surface area contributed by atoms with Crippen LogP contribution in [0, 0.1) is 5.82 Å². The molecular formula is C13H8ClFOS. The maximum Gasteiger partial charge on any atom is 0.195 e. The van der Waals surface area contributed by atoms with Crippen LogP contribution in [0.2, 0.25) is 4.34 Å². The number of benzene rings is 1. The van der Waals surface area contributed by atoms with Gasteiger partial charge in [0.15, 0.2) is 5.78 Å². The molecule has 1 aromatic heterocycles. The maximum absolute atomic E-state index is 12.6. The number of hydrogen-bond donors (Lipinski definition) is 0. The summed E-state index contributed by atoms with van der Waals surface area (Å²) in [4.78, 5) is 12.3. The van der Waals surface area contributed by atoms with Gasteiger partial charge in [-0.2, -0.15) is 0 Å². The number of hydrogen-bond acceptors (Lipinski definition) is 2. The van der Waals surface area contributed by atoms with Crippen molar-refractivity contribution in [3.8, 4) is 0 Å². The molecule has 1 heterocycles. The minimum Gasteiger partial charge on any atom is -0.288 e. The molecule has 0 saturated carbocycles. The predicted molar refractivity (Wildman–Crippen MR) is 69.1 cm³/mol. The van der Waals surface area contributed by atoms with Crippen LogP contribution in [0.4, 0.5) is 4.39 Å². The van der Waals surface area contributed by atoms with Crippen LogP contribution in [0.1, 0.15) is 15.2 Å². The maximum atomic E-state index is 12.6. The van der Waals surface area contributed by atoms with Crippen LogP contribution < -0.4 is 0 Å². The lowest BCUT2D eigenvalue weighted by Crippen LogP contribution is -1.88. The van der Waals surface area contributed by atoms with E-state index in [0.29, 0.717) is 9.21 Å². The topological polar surface area (TPSA) is 17.1 Å². The SMILES string of the molecule is O=C(/C=C/c1ccc(F)cc1)c1ccc(Cl)s1. The Balaban J connectivity index is 2.10. The molecule has 17 heavy (non-hydrogen) atoms. The number of ketones is 1. The Kier molecular flexibility index (Phi) is 3.71. The molecule has 0 aliphatic rings. The Labute approximate surface area is 107 Å². The molecule has 86 valence electrons. The van der Waals surface area contributed by atoms with Gasteiger partial charge in [-0.15, -0.1) is 11.3 Å². The van der Waals surface area contributed by atoms with Crippen molar-refractivity contribution in [2.75, 3.05) is 0 Å². The first-order valence-electron chi connectivity index (χ1n) is 4.88. The van der Waals surface area contributed by atoms with Gasteiger partial charge in [0.2, 0.25) is 0 Å². The van der Waals surface area contributed by atoms with Gasteiger partial charge >= 0.3 is 0 Å². The van der Waals surface area contributed by atoms with Crippen molar-refractivity contribution in [2.24, 2.45) is 0 Å². The predicted octanol–water partition coefficient (Wildman–Crippen LogP) is 4.44. The van der Waals surface area contributed by atoms with E-state index in [4.69, 9.17) is 11.6 Å². The van der Waals surface area contributed by atoms with Gasteiger partial charge in [-0.05, 0) is 35.9 Å². The molecule has 0 N–H and O–H groups in total. The zero-order chi connectivity index (χ0) is 12.3. The highest BCUT2D eigenvalue weighted by Crippen LogP contribution is 2.22. The van der Waals surface area contributed by atoms with Gasteiger partial charge in [0.1, 0.15) is 5.82 Å². The van der Waals surface area contributed by atoms with Crippen molar-refractivity contribution in [3.05, 3.63) is 63.1 Å². The fourth-order valence-electron chi connectivity index (χ4n) is 1.27. The molecule has 0 unspecified atom stereocenters. The summed E-state index contributed by atoms with van der Waals surface area (Å²) >= 11 is 6.98. The molecule has 4 heteroatoms. The van der Waals surface area contributed by atoms with Crippen LogP contribution in [-0.2, 0) is 0 Å². The first-order valence-corrected chi connectivity index (χ1v) is 6.08. The van der Waals surface area contributed by atoms with Crippen LogP contribution in [0.15, 0.2) is 42.5 Å². The normalized spacial score (nSPS) is 10.9. The van der Waals surface area contributed by atoms with Crippen LogP contribution in [0.5, 0.6) is 0 Å². The summed E-state index contributed by atoms with van der Waals surface area (Å²) in [6, 6.07) is 9.30. The minimum atomic E-state index is -0.293. The molecular weight excluding hydrogens is 259 g/mol. The number of allylic oxidation sites excluding steroid dienone is 1. The molecule has 0 aliphatic heterocycles. The molecule has 2 aromatic rings. The van der Waals surface area contributed by atoms with Gasteiger partial charge < -0.3 is 0 Å². The van der Waals surface area contributed by atoms with Crippen molar-refractivity contribution < 1.29 is 9.18 Å². The third-order valence-electron chi connectivity index (χ3n) is 2.11. The fraction of sp³-hybridized carbons (Fsp3) is 0. The fourth-order valence-corrected chi connectivity index (χ4v) is 2.24. The zero-order valence-corrected chi connectivity index (χ0v) is 10.3. The van der Waals surface area contributed by atoms with Crippen LogP contribution >= 0.6 is 22.9 Å². The third-order valence-corrected chi connectivity index (χ3v) is 3.36. The standard InChI is InChI=1S/C13H8ClFOS/c14-13-8-7-12(17-13)11(16)6-3-9-1-4-10(15)5-2-9/h1-8H/b6-3+. The molecule has 0 spiro atoms. The van der Waals surface area contributed by atoms with Crippen LogP contribution in [-0.4, -0.2) is 5.78 Å². The van der Waals surface area contributed by atoms with Gasteiger partial charge in [-0.3, -0.25) is 4.79 Å². The largest absolute Gasteiger partial charge is 0.288 e. The Hall–Kier alpha value is -1.45. The lowest BCUT2D eigenvalue weighted by atomic mass is 10.2. The summed E-state index contributed by atoms with van der Waals surface area (Å²) in [5.74, 6) is -0.398. The average molecular weight is 267 g/mol. The highest BCUT2D eigenvalue weighted by molar-refractivity contribution is 7.18. The number of carbonyl (C=O) groups excluding carboxylic acids is 1. The van der Waals surface area contributed by atoms with Crippen molar-refractivity contribution in [1.29, 1.82) is 0 Å². The van der Waals surface area contributed by atoms with Gasteiger partial charge in [0.25, 0.3) is 0 Å². The summed E-state index contributed by atoms with van der Waals surface area (Å²) in [6.07, 6.45) is 3.10. The monoisotopic (exact) mass is 266 g/mol. The highest BCUT2D eigenvalue weighted by Gasteiger charge is 2.04. The summed E-state index contributed by atoms with van der Waals surface area (Å²) in [5, 5.41) is 0. The molecule has 0 amide bonds. The number of rotatable bonds is 3. The van der Waals surface area contributed by atoms with E-state index in [1.807, 2.05) is 0 Å². The smallest absolute Gasteiger partial charge is 0.195 e. The van der Waals surface area contributed by atoms with E-state index in [-0.39, 0.29) is 11.6 Å². The molecule has 2 rings (SSSR count). The Morgan fingerprint density at radius 3 is 2.47 bits per heavy atom. The van der Waals surface area contributed by atoms with Crippen molar-refractivity contribution in [2.45, 2.75) is 0 Å². The minimum absolute atomic E-state index is 0.105. The summed E-state index contributed by atoms with van der Waals surface area (Å²) in [5.41, 5.74) is 0.780. The molecule has 0 radical (unpaired) electrons. The van der Waals surface area contributed by atoms with E-state index in [1.165, 1.54) is 29.5 Å². The Bertz CT molecular complexity index is 557. The molecule has 1 nitrogen and oxygen atoms in total. The van der Waals surface area contributed by atoms with E-state index in [0.717, 1.165) is 5.56 Å². The van der Waals surface area contributed by atoms with E-state index in [1.54, 1.807) is 30.3 Å². The van der Waals surface area contributed by atoms with Crippen molar-refractivity contribution in [1.82, 2.24) is 0 Å². The molecule has 0 atom stereocenters. The first kappa shape index (κ1) is 12.0. The Morgan fingerprint density at radius 2 is 1.88 bits per heavy atom. The summed E-state index contributed by atoms with van der Waals surface area (Å²) < 4.78 is 13.2. The number of halogens is 2. The van der Waals surface area contributed by atoms with E-state index in [9.17, 15) is 9.18 Å². The Morgan fingerprint density at radius 1 is 1.18 bits per heavy atom.